The standard InChI is InChI=1S/C21H25BO2/c1-20(2)21(3,4)24-22(23-20)18-14-16-12-8-9-13-17(16)19(18)15-10-6-5-7-11-15/h5-13,18-19H,14H2,1-4H3/t18-,19+/m1/s1. The van der Waals surface area contributed by atoms with Gasteiger partial charge in [0.05, 0.1) is 11.2 Å². The van der Waals surface area contributed by atoms with Crippen LogP contribution in [0.25, 0.3) is 0 Å². The Morgan fingerprint density at radius 1 is 0.833 bits per heavy atom. The Kier molecular flexibility index (Phi) is 3.63. The van der Waals surface area contributed by atoms with Gasteiger partial charge in [-0.3, -0.25) is 0 Å². The lowest BCUT2D eigenvalue weighted by Gasteiger charge is -2.32. The molecule has 0 N–H and O–H groups in total. The van der Waals surface area contributed by atoms with Gasteiger partial charge in [-0.1, -0.05) is 54.6 Å². The predicted octanol–water partition coefficient (Wildman–Crippen LogP) is 4.84. The smallest absolute Gasteiger partial charge is 0.403 e. The van der Waals surface area contributed by atoms with Gasteiger partial charge in [-0.15, -0.1) is 0 Å². The first kappa shape index (κ1) is 15.9. The Morgan fingerprint density at radius 2 is 1.42 bits per heavy atom. The molecular formula is C21H25BO2. The molecular weight excluding hydrogens is 295 g/mol. The van der Waals surface area contributed by atoms with E-state index in [1.165, 1.54) is 16.7 Å². The molecule has 1 aliphatic heterocycles. The van der Waals surface area contributed by atoms with Crippen LogP contribution in [0.1, 0.15) is 50.3 Å². The first-order valence-electron chi connectivity index (χ1n) is 8.87. The monoisotopic (exact) mass is 320 g/mol. The van der Waals surface area contributed by atoms with E-state index in [4.69, 9.17) is 9.31 Å². The second-order valence-electron chi connectivity index (χ2n) is 8.08. The lowest BCUT2D eigenvalue weighted by Crippen LogP contribution is -2.41. The quantitative estimate of drug-likeness (QED) is 0.737. The molecule has 2 atom stereocenters. The Morgan fingerprint density at radius 3 is 2.08 bits per heavy atom. The minimum absolute atomic E-state index is 0.174. The fraction of sp³-hybridized carbons (Fsp3) is 0.429. The second kappa shape index (κ2) is 5.47. The molecule has 124 valence electrons. The molecule has 0 spiro atoms. The van der Waals surface area contributed by atoms with Gasteiger partial charge in [0.2, 0.25) is 0 Å². The lowest BCUT2D eigenvalue weighted by atomic mass is 9.63. The predicted molar refractivity (Wildman–Crippen MR) is 98.3 cm³/mol. The summed E-state index contributed by atoms with van der Waals surface area (Å²) in [6.45, 7) is 8.53. The first-order valence-corrected chi connectivity index (χ1v) is 8.87. The Bertz CT molecular complexity index is 723. The van der Waals surface area contributed by atoms with Crippen molar-refractivity contribution in [1.29, 1.82) is 0 Å². The molecule has 0 radical (unpaired) electrons. The highest BCUT2D eigenvalue weighted by Crippen LogP contribution is 2.51. The van der Waals surface area contributed by atoms with Gasteiger partial charge in [-0.2, -0.15) is 0 Å². The minimum atomic E-state index is -0.284. The van der Waals surface area contributed by atoms with Crippen molar-refractivity contribution in [2.75, 3.05) is 0 Å². The van der Waals surface area contributed by atoms with Crippen molar-refractivity contribution in [3.63, 3.8) is 0 Å². The lowest BCUT2D eigenvalue weighted by molar-refractivity contribution is 0.00578. The van der Waals surface area contributed by atoms with Crippen LogP contribution in [0.5, 0.6) is 0 Å². The maximum atomic E-state index is 6.41. The SMILES string of the molecule is CC1(C)OB([C@@H]2Cc3ccccc3[C@@H]2c2ccccc2)OC1(C)C. The average Bonchev–Trinajstić information content (AvgIpc) is 3.03. The summed E-state index contributed by atoms with van der Waals surface area (Å²) in [4.78, 5) is 0. The molecule has 0 bridgehead atoms. The molecule has 24 heavy (non-hydrogen) atoms. The molecule has 0 amide bonds. The van der Waals surface area contributed by atoms with E-state index in [1.807, 2.05) is 0 Å². The highest BCUT2D eigenvalue weighted by molar-refractivity contribution is 6.48. The second-order valence-corrected chi connectivity index (χ2v) is 8.08. The van der Waals surface area contributed by atoms with Crippen LogP contribution in [0.15, 0.2) is 54.6 Å². The zero-order chi connectivity index (χ0) is 16.9. The Hall–Kier alpha value is -1.58. The molecule has 2 nitrogen and oxygen atoms in total. The van der Waals surface area contributed by atoms with Crippen molar-refractivity contribution >= 4 is 7.12 Å². The van der Waals surface area contributed by atoms with Gasteiger partial charge in [0.25, 0.3) is 0 Å². The fourth-order valence-corrected chi connectivity index (χ4v) is 4.03. The van der Waals surface area contributed by atoms with Gasteiger partial charge in [0.1, 0.15) is 0 Å². The van der Waals surface area contributed by atoms with Crippen LogP contribution in [-0.4, -0.2) is 18.3 Å². The number of benzene rings is 2. The molecule has 2 aliphatic rings. The van der Waals surface area contributed by atoms with Crippen LogP contribution in [0.2, 0.25) is 5.82 Å². The van der Waals surface area contributed by atoms with E-state index in [0.717, 1.165) is 6.42 Å². The molecule has 0 unspecified atom stereocenters. The van der Waals surface area contributed by atoms with E-state index in [0.29, 0.717) is 11.7 Å². The van der Waals surface area contributed by atoms with Crippen molar-refractivity contribution in [2.45, 2.75) is 57.1 Å². The van der Waals surface area contributed by atoms with Crippen molar-refractivity contribution < 1.29 is 9.31 Å². The van der Waals surface area contributed by atoms with Crippen LogP contribution in [0.4, 0.5) is 0 Å². The van der Waals surface area contributed by atoms with E-state index in [-0.39, 0.29) is 18.3 Å². The molecule has 0 saturated carbocycles. The largest absolute Gasteiger partial charge is 0.462 e. The molecule has 1 fully saturated rings. The van der Waals surface area contributed by atoms with Crippen LogP contribution in [0, 0.1) is 0 Å². The third-order valence-corrected chi connectivity index (χ3v) is 6.05. The molecule has 1 aliphatic carbocycles. The van der Waals surface area contributed by atoms with Crippen LogP contribution >= 0.6 is 0 Å². The fourth-order valence-electron chi connectivity index (χ4n) is 4.03. The Labute approximate surface area is 145 Å². The third-order valence-electron chi connectivity index (χ3n) is 6.05. The van der Waals surface area contributed by atoms with Crippen molar-refractivity contribution in [2.24, 2.45) is 0 Å². The van der Waals surface area contributed by atoms with E-state index in [9.17, 15) is 0 Å². The molecule has 0 aromatic heterocycles. The van der Waals surface area contributed by atoms with Crippen LogP contribution in [0.3, 0.4) is 0 Å². The minimum Gasteiger partial charge on any atom is -0.403 e. The number of fused-ring (bicyclic) bond motifs is 1. The van der Waals surface area contributed by atoms with E-state index in [1.54, 1.807) is 0 Å². The van der Waals surface area contributed by atoms with Gasteiger partial charge >= 0.3 is 7.12 Å². The topological polar surface area (TPSA) is 18.5 Å². The van der Waals surface area contributed by atoms with Gasteiger partial charge in [-0.25, -0.2) is 0 Å². The summed E-state index contributed by atoms with van der Waals surface area (Å²) in [7, 11) is -0.174. The highest BCUT2D eigenvalue weighted by atomic mass is 16.7. The summed E-state index contributed by atoms with van der Waals surface area (Å²) in [5.41, 5.74) is 3.62. The molecule has 4 rings (SSSR count). The summed E-state index contributed by atoms with van der Waals surface area (Å²) >= 11 is 0. The summed E-state index contributed by atoms with van der Waals surface area (Å²) in [5, 5.41) is 0. The number of hydrogen-bond acceptors (Lipinski definition) is 2. The number of hydrogen-bond donors (Lipinski definition) is 0. The maximum absolute atomic E-state index is 6.41. The van der Waals surface area contributed by atoms with E-state index in [2.05, 4.69) is 82.3 Å². The van der Waals surface area contributed by atoms with E-state index < -0.39 is 0 Å². The van der Waals surface area contributed by atoms with Gasteiger partial charge < -0.3 is 9.31 Å². The Balaban J connectivity index is 1.74. The highest BCUT2D eigenvalue weighted by Gasteiger charge is 2.56. The normalized spacial score (nSPS) is 27.2. The van der Waals surface area contributed by atoms with Crippen LogP contribution in [-0.2, 0) is 15.7 Å². The van der Waals surface area contributed by atoms with E-state index >= 15 is 0 Å². The maximum Gasteiger partial charge on any atom is 0.462 e. The molecule has 3 heteroatoms. The molecule has 2 aromatic carbocycles. The third kappa shape index (κ3) is 2.42. The summed E-state index contributed by atoms with van der Waals surface area (Å²) < 4.78 is 12.8. The van der Waals surface area contributed by atoms with Crippen molar-refractivity contribution in [1.82, 2.24) is 0 Å². The molecule has 1 saturated heterocycles. The molecule has 1 heterocycles. The summed E-state index contributed by atoms with van der Waals surface area (Å²) in [6, 6.07) is 19.6. The first-order chi connectivity index (χ1) is 11.4. The van der Waals surface area contributed by atoms with Crippen LogP contribution < -0.4 is 0 Å². The summed E-state index contributed by atoms with van der Waals surface area (Å²) in [5.74, 6) is 0.642. The van der Waals surface area contributed by atoms with Crippen molar-refractivity contribution in [3.8, 4) is 0 Å². The van der Waals surface area contributed by atoms with Crippen molar-refractivity contribution in [3.05, 3.63) is 71.3 Å². The zero-order valence-corrected chi connectivity index (χ0v) is 15.0. The average molecular weight is 320 g/mol. The van der Waals surface area contributed by atoms with Gasteiger partial charge in [-0.05, 0) is 50.8 Å². The van der Waals surface area contributed by atoms with Gasteiger partial charge in [0, 0.05) is 11.7 Å². The zero-order valence-electron chi connectivity index (χ0n) is 15.0. The summed E-state index contributed by atoms with van der Waals surface area (Å²) in [6.07, 6.45) is 1.01. The molecule has 2 aromatic rings. The van der Waals surface area contributed by atoms with Gasteiger partial charge in [0.15, 0.2) is 0 Å². The number of rotatable bonds is 2.